The highest BCUT2D eigenvalue weighted by Gasteiger charge is 2.17. The Labute approximate surface area is 186 Å². The Morgan fingerprint density at radius 2 is 2.03 bits per heavy atom. The largest absolute Gasteiger partial charge is 0.350 e. The summed E-state index contributed by atoms with van der Waals surface area (Å²) in [6.07, 6.45) is 0. The second-order valence-electron chi connectivity index (χ2n) is 7.03. The van der Waals surface area contributed by atoms with E-state index < -0.39 is 0 Å². The van der Waals surface area contributed by atoms with Gasteiger partial charge < -0.3 is 5.32 Å². The summed E-state index contributed by atoms with van der Waals surface area (Å²) in [7, 11) is 1.71. The summed E-state index contributed by atoms with van der Waals surface area (Å²) in [4.78, 5) is 31.8. The normalized spacial score (nSPS) is 11.2. The van der Waals surface area contributed by atoms with Crippen molar-refractivity contribution >= 4 is 50.6 Å². The van der Waals surface area contributed by atoms with Gasteiger partial charge in [0.15, 0.2) is 5.16 Å². The molecular formula is C22H21N3O2S3. The van der Waals surface area contributed by atoms with Gasteiger partial charge in [-0.05, 0) is 42.0 Å². The third-order valence-corrected chi connectivity index (χ3v) is 7.74. The fraction of sp³-hybridized carbons (Fsp3) is 0.227. The molecule has 3 aromatic heterocycles. The summed E-state index contributed by atoms with van der Waals surface area (Å²) < 4.78 is 1.54. The van der Waals surface area contributed by atoms with E-state index in [-0.39, 0.29) is 17.2 Å². The molecule has 0 saturated heterocycles. The first-order chi connectivity index (χ1) is 14.4. The van der Waals surface area contributed by atoms with Gasteiger partial charge in [0.25, 0.3) is 5.56 Å². The van der Waals surface area contributed by atoms with E-state index in [2.05, 4.69) is 36.3 Å². The summed E-state index contributed by atoms with van der Waals surface area (Å²) in [5, 5.41) is 8.06. The van der Waals surface area contributed by atoms with Crippen LogP contribution < -0.4 is 10.9 Å². The molecule has 0 radical (unpaired) electrons. The predicted molar refractivity (Wildman–Crippen MR) is 127 cm³/mol. The fourth-order valence-electron chi connectivity index (χ4n) is 3.08. The molecule has 3 heterocycles. The quantitative estimate of drug-likeness (QED) is 0.337. The van der Waals surface area contributed by atoms with Gasteiger partial charge in [0.2, 0.25) is 5.91 Å². The van der Waals surface area contributed by atoms with Gasteiger partial charge in [0.05, 0.1) is 17.7 Å². The zero-order chi connectivity index (χ0) is 21.3. The number of carbonyl (C=O) groups is 1. The average molecular weight is 456 g/mol. The van der Waals surface area contributed by atoms with E-state index in [1.807, 2.05) is 29.0 Å². The predicted octanol–water partition coefficient (Wildman–Crippen LogP) is 4.75. The highest BCUT2D eigenvalue weighted by molar-refractivity contribution is 7.99. The van der Waals surface area contributed by atoms with Crippen molar-refractivity contribution in [2.24, 2.45) is 7.05 Å². The number of nitrogens with one attached hydrogen (secondary N) is 1. The van der Waals surface area contributed by atoms with E-state index in [1.165, 1.54) is 38.8 Å². The summed E-state index contributed by atoms with van der Waals surface area (Å²) in [6, 6.07) is 10.2. The molecular weight excluding hydrogens is 434 g/mol. The number of rotatable bonds is 6. The third kappa shape index (κ3) is 4.21. The molecule has 0 bridgehead atoms. The smallest absolute Gasteiger partial charge is 0.263 e. The van der Waals surface area contributed by atoms with Crippen LogP contribution in [0.1, 0.15) is 16.0 Å². The molecule has 0 aliphatic heterocycles. The van der Waals surface area contributed by atoms with Gasteiger partial charge in [-0.3, -0.25) is 14.2 Å². The number of hydrogen-bond donors (Lipinski definition) is 1. The molecule has 1 aromatic carbocycles. The van der Waals surface area contributed by atoms with Gasteiger partial charge in [-0.1, -0.05) is 36.0 Å². The first-order valence-electron chi connectivity index (χ1n) is 9.42. The molecule has 0 unspecified atom stereocenters. The van der Waals surface area contributed by atoms with Crippen LogP contribution in [0.5, 0.6) is 0 Å². The molecule has 0 spiro atoms. The lowest BCUT2D eigenvalue weighted by molar-refractivity contribution is -0.118. The number of aryl methyl sites for hydroxylation is 2. The minimum Gasteiger partial charge on any atom is -0.350 e. The number of hydrogen-bond acceptors (Lipinski definition) is 6. The van der Waals surface area contributed by atoms with Gasteiger partial charge in [-0.2, -0.15) is 0 Å². The van der Waals surface area contributed by atoms with Gasteiger partial charge in [-0.15, -0.1) is 22.7 Å². The standard InChI is InChI=1S/C22H21N3O2S3/c1-13-6-7-15(9-14(13)2)17-11-29-20-19(17)21(27)25(3)22(24-20)30-12-18(26)23-10-16-5-4-8-28-16/h4-9,11H,10,12H2,1-3H3,(H,23,26). The van der Waals surface area contributed by atoms with Gasteiger partial charge in [0.1, 0.15) is 4.83 Å². The number of benzene rings is 1. The van der Waals surface area contributed by atoms with Crippen LogP contribution in [-0.4, -0.2) is 21.2 Å². The zero-order valence-electron chi connectivity index (χ0n) is 16.9. The monoisotopic (exact) mass is 455 g/mol. The molecule has 0 fully saturated rings. The summed E-state index contributed by atoms with van der Waals surface area (Å²) in [5.41, 5.74) is 4.27. The van der Waals surface area contributed by atoms with Crippen LogP contribution in [0.15, 0.2) is 51.0 Å². The second kappa shape index (κ2) is 8.75. The Balaban J connectivity index is 1.56. The van der Waals surface area contributed by atoms with Crippen molar-refractivity contribution in [3.63, 3.8) is 0 Å². The molecule has 30 heavy (non-hydrogen) atoms. The molecule has 4 rings (SSSR count). The highest BCUT2D eigenvalue weighted by Crippen LogP contribution is 2.32. The van der Waals surface area contributed by atoms with E-state index in [0.29, 0.717) is 21.9 Å². The van der Waals surface area contributed by atoms with Crippen LogP contribution in [0.3, 0.4) is 0 Å². The lowest BCUT2D eigenvalue weighted by Gasteiger charge is -2.09. The van der Waals surface area contributed by atoms with Gasteiger partial charge >= 0.3 is 0 Å². The average Bonchev–Trinajstić information content (AvgIpc) is 3.40. The topological polar surface area (TPSA) is 64.0 Å². The summed E-state index contributed by atoms with van der Waals surface area (Å²) in [6.45, 7) is 4.67. The molecule has 1 N–H and O–H groups in total. The van der Waals surface area contributed by atoms with E-state index in [4.69, 9.17) is 0 Å². The molecule has 4 aromatic rings. The highest BCUT2D eigenvalue weighted by atomic mass is 32.2. The number of fused-ring (bicyclic) bond motifs is 1. The first kappa shape index (κ1) is 20.8. The van der Waals surface area contributed by atoms with Crippen LogP contribution in [0.4, 0.5) is 0 Å². The lowest BCUT2D eigenvalue weighted by Crippen LogP contribution is -2.25. The molecule has 154 valence electrons. The fourth-order valence-corrected chi connectivity index (χ4v) is 5.52. The van der Waals surface area contributed by atoms with Gasteiger partial charge in [0, 0.05) is 22.9 Å². The van der Waals surface area contributed by atoms with Crippen molar-refractivity contribution in [2.45, 2.75) is 25.5 Å². The maximum atomic E-state index is 13.1. The van der Waals surface area contributed by atoms with Crippen LogP contribution in [-0.2, 0) is 18.4 Å². The number of amides is 1. The van der Waals surface area contributed by atoms with Crippen LogP contribution in [0.2, 0.25) is 0 Å². The maximum absolute atomic E-state index is 13.1. The van der Waals surface area contributed by atoms with Crippen LogP contribution >= 0.6 is 34.4 Å². The van der Waals surface area contributed by atoms with E-state index in [1.54, 1.807) is 18.4 Å². The van der Waals surface area contributed by atoms with Gasteiger partial charge in [-0.25, -0.2) is 4.98 Å². The number of aromatic nitrogens is 2. The van der Waals surface area contributed by atoms with Crippen LogP contribution in [0.25, 0.3) is 21.3 Å². The molecule has 8 heteroatoms. The number of nitrogens with zero attached hydrogens (tertiary/aromatic N) is 2. The molecule has 1 amide bonds. The molecule has 0 saturated carbocycles. The minimum atomic E-state index is -0.0871. The lowest BCUT2D eigenvalue weighted by atomic mass is 10.0. The Morgan fingerprint density at radius 1 is 1.20 bits per heavy atom. The Kier molecular flexibility index (Phi) is 6.08. The number of thiophene rings is 2. The molecule has 0 aliphatic carbocycles. The third-order valence-electron chi connectivity index (χ3n) is 4.96. The van der Waals surface area contributed by atoms with E-state index in [0.717, 1.165) is 16.0 Å². The van der Waals surface area contributed by atoms with Crippen molar-refractivity contribution in [3.05, 3.63) is 67.4 Å². The molecule has 0 atom stereocenters. The molecule has 5 nitrogen and oxygen atoms in total. The SMILES string of the molecule is Cc1ccc(-c2csc3nc(SCC(=O)NCc4cccs4)n(C)c(=O)c23)cc1C. The van der Waals surface area contributed by atoms with Crippen molar-refractivity contribution < 1.29 is 4.79 Å². The Morgan fingerprint density at radius 3 is 2.77 bits per heavy atom. The second-order valence-corrected chi connectivity index (χ2v) is 9.86. The number of carbonyl (C=O) groups excluding carboxylic acids is 1. The van der Waals surface area contributed by atoms with Crippen LogP contribution in [0, 0.1) is 13.8 Å². The summed E-state index contributed by atoms with van der Waals surface area (Å²) in [5.74, 6) is 0.136. The van der Waals surface area contributed by atoms with E-state index >= 15 is 0 Å². The van der Waals surface area contributed by atoms with E-state index in [9.17, 15) is 9.59 Å². The number of thioether (sulfide) groups is 1. The van der Waals surface area contributed by atoms with Crippen molar-refractivity contribution in [1.29, 1.82) is 0 Å². The maximum Gasteiger partial charge on any atom is 0.263 e. The molecule has 0 aliphatic rings. The Bertz CT molecular complexity index is 1270. The van der Waals surface area contributed by atoms with Crippen molar-refractivity contribution in [1.82, 2.24) is 14.9 Å². The first-order valence-corrected chi connectivity index (χ1v) is 12.2. The summed E-state index contributed by atoms with van der Waals surface area (Å²) >= 11 is 4.35. The Hall–Kier alpha value is -2.42. The zero-order valence-corrected chi connectivity index (χ0v) is 19.3. The van der Waals surface area contributed by atoms with Crippen molar-refractivity contribution in [3.8, 4) is 11.1 Å². The van der Waals surface area contributed by atoms with Crippen molar-refractivity contribution in [2.75, 3.05) is 5.75 Å². The minimum absolute atomic E-state index is 0.0789.